The Balaban J connectivity index is 1.34. The SMILES string of the molecule is C[C@@H](Sc1nnc2c(n1)[nH]c1ccccc12)C(=O)N1CCc2ccccc2C1. The van der Waals surface area contributed by atoms with E-state index in [0.717, 1.165) is 29.4 Å². The molecule has 3 heterocycles. The Bertz CT molecular complexity index is 1190. The van der Waals surface area contributed by atoms with E-state index in [0.29, 0.717) is 17.3 Å². The van der Waals surface area contributed by atoms with Gasteiger partial charge in [0.15, 0.2) is 5.65 Å². The first-order chi connectivity index (χ1) is 13.7. The molecule has 0 radical (unpaired) electrons. The second kappa shape index (κ2) is 6.91. The molecule has 1 aliphatic rings. The highest BCUT2D eigenvalue weighted by molar-refractivity contribution is 8.00. The molecule has 1 N–H and O–H groups in total. The van der Waals surface area contributed by atoms with Gasteiger partial charge in [0.2, 0.25) is 11.1 Å². The Hall–Kier alpha value is -2.93. The van der Waals surface area contributed by atoms with Crippen molar-refractivity contribution in [3.8, 4) is 0 Å². The fraction of sp³-hybridized carbons (Fsp3) is 0.238. The van der Waals surface area contributed by atoms with Gasteiger partial charge in [-0.25, -0.2) is 4.98 Å². The van der Waals surface area contributed by atoms with Crippen LogP contribution in [0.3, 0.4) is 0 Å². The minimum Gasteiger partial charge on any atom is -0.338 e. The average molecular weight is 389 g/mol. The van der Waals surface area contributed by atoms with Crippen LogP contribution in [-0.4, -0.2) is 42.8 Å². The van der Waals surface area contributed by atoms with E-state index in [1.54, 1.807) is 0 Å². The zero-order chi connectivity index (χ0) is 19.1. The van der Waals surface area contributed by atoms with Gasteiger partial charge < -0.3 is 9.88 Å². The normalized spacial score (nSPS) is 15.0. The van der Waals surface area contributed by atoms with Gasteiger partial charge in [0.1, 0.15) is 5.52 Å². The van der Waals surface area contributed by atoms with Crippen molar-refractivity contribution in [1.29, 1.82) is 0 Å². The Morgan fingerprint density at radius 3 is 2.79 bits per heavy atom. The second-order valence-corrected chi connectivity index (χ2v) is 8.31. The smallest absolute Gasteiger partial charge is 0.236 e. The number of para-hydroxylation sites is 1. The summed E-state index contributed by atoms with van der Waals surface area (Å²) in [4.78, 5) is 22.7. The summed E-state index contributed by atoms with van der Waals surface area (Å²) in [7, 11) is 0. The molecule has 1 amide bonds. The third-order valence-corrected chi connectivity index (χ3v) is 6.11. The molecule has 0 bridgehead atoms. The zero-order valence-electron chi connectivity index (χ0n) is 15.4. The van der Waals surface area contributed by atoms with Crippen molar-refractivity contribution in [2.45, 2.75) is 30.3 Å². The molecule has 4 aromatic rings. The van der Waals surface area contributed by atoms with Gasteiger partial charge in [0.25, 0.3) is 0 Å². The standard InChI is InChI=1S/C21H19N5OS/c1-13(20(27)26-11-10-14-6-2-3-7-15(14)12-26)28-21-23-19-18(24-25-21)16-8-4-5-9-17(16)22-19/h2-9,13H,10-12H2,1H3,(H,22,23,25)/t13-/m1/s1. The highest BCUT2D eigenvalue weighted by atomic mass is 32.2. The van der Waals surface area contributed by atoms with Gasteiger partial charge in [-0.15, -0.1) is 10.2 Å². The number of carbonyl (C=O) groups is 1. The van der Waals surface area contributed by atoms with Crippen LogP contribution in [0, 0.1) is 0 Å². The quantitative estimate of drug-likeness (QED) is 0.542. The maximum Gasteiger partial charge on any atom is 0.236 e. The van der Waals surface area contributed by atoms with E-state index in [-0.39, 0.29) is 11.2 Å². The summed E-state index contributed by atoms with van der Waals surface area (Å²) >= 11 is 1.36. The van der Waals surface area contributed by atoms with Crippen LogP contribution in [0.1, 0.15) is 18.1 Å². The zero-order valence-corrected chi connectivity index (χ0v) is 16.2. The molecule has 6 nitrogen and oxygen atoms in total. The van der Waals surface area contributed by atoms with Crippen molar-refractivity contribution in [3.63, 3.8) is 0 Å². The molecule has 0 saturated carbocycles. The van der Waals surface area contributed by atoms with Crippen molar-refractivity contribution in [3.05, 3.63) is 59.7 Å². The summed E-state index contributed by atoms with van der Waals surface area (Å²) in [5.41, 5.74) is 5.01. The van der Waals surface area contributed by atoms with Crippen LogP contribution < -0.4 is 0 Å². The van der Waals surface area contributed by atoms with Crippen molar-refractivity contribution in [2.24, 2.45) is 0 Å². The Labute approximate surface area is 166 Å². The molecule has 0 unspecified atom stereocenters. The Morgan fingerprint density at radius 1 is 1.11 bits per heavy atom. The highest BCUT2D eigenvalue weighted by Crippen LogP contribution is 2.27. The number of benzene rings is 2. The van der Waals surface area contributed by atoms with Crippen LogP contribution in [0.5, 0.6) is 0 Å². The number of hydrogen-bond acceptors (Lipinski definition) is 5. The highest BCUT2D eigenvalue weighted by Gasteiger charge is 2.26. The van der Waals surface area contributed by atoms with Crippen LogP contribution in [0.4, 0.5) is 0 Å². The number of aromatic nitrogens is 4. The van der Waals surface area contributed by atoms with Gasteiger partial charge in [0, 0.05) is 24.0 Å². The van der Waals surface area contributed by atoms with Gasteiger partial charge in [-0.05, 0) is 30.5 Å². The van der Waals surface area contributed by atoms with Crippen LogP contribution in [0.15, 0.2) is 53.7 Å². The summed E-state index contributed by atoms with van der Waals surface area (Å²) in [6.45, 7) is 3.33. The number of aromatic amines is 1. The van der Waals surface area contributed by atoms with E-state index in [9.17, 15) is 4.79 Å². The molecule has 0 spiro atoms. The summed E-state index contributed by atoms with van der Waals surface area (Å²) in [5, 5.41) is 9.82. The molecule has 1 aliphatic heterocycles. The Kier molecular flexibility index (Phi) is 4.24. The lowest BCUT2D eigenvalue weighted by molar-refractivity contribution is -0.131. The number of thioether (sulfide) groups is 1. The summed E-state index contributed by atoms with van der Waals surface area (Å²) < 4.78 is 0. The van der Waals surface area contributed by atoms with Crippen molar-refractivity contribution >= 4 is 39.7 Å². The molecule has 7 heteroatoms. The monoisotopic (exact) mass is 389 g/mol. The van der Waals surface area contributed by atoms with Gasteiger partial charge in [-0.1, -0.05) is 54.2 Å². The minimum absolute atomic E-state index is 0.111. The van der Waals surface area contributed by atoms with E-state index in [1.165, 1.54) is 22.9 Å². The van der Waals surface area contributed by atoms with Crippen molar-refractivity contribution in [2.75, 3.05) is 6.54 Å². The van der Waals surface area contributed by atoms with E-state index in [2.05, 4.69) is 38.4 Å². The molecule has 0 saturated heterocycles. The third kappa shape index (κ3) is 3.01. The third-order valence-electron chi connectivity index (χ3n) is 5.17. The first kappa shape index (κ1) is 17.2. The van der Waals surface area contributed by atoms with Gasteiger partial charge >= 0.3 is 0 Å². The lowest BCUT2D eigenvalue weighted by Gasteiger charge is -2.30. The maximum absolute atomic E-state index is 12.9. The number of nitrogens with zero attached hydrogens (tertiary/aromatic N) is 4. The molecule has 2 aromatic carbocycles. The molecule has 28 heavy (non-hydrogen) atoms. The number of H-pyrrole nitrogens is 1. The van der Waals surface area contributed by atoms with Gasteiger partial charge in [-0.3, -0.25) is 4.79 Å². The largest absolute Gasteiger partial charge is 0.338 e. The lowest BCUT2D eigenvalue weighted by atomic mass is 10.00. The first-order valence-corrected chi connectivity index (χ1v) is 10.2. The van der Waals surface area contributed by atoms with Crippen molar-refractivity contribution < 1.29 is 4.79 Å². The number of nitrogens with one attached hydrogen (secondary N) is 1. The van der Waals surface area contributed by atoms with Crippen LogP contribution in [-0.2, 0) is 17.8 Å². The fourth-order valence-electron chi connectivity index (χ4n) is 3.71. The molecule has 2 aromatic heterocycles. The fourth-order valence-corrected chi connectivity index (χ4v) is 4.50. The number of hydrogen-bond donors (Lipinski definition) is 1. The molecule has 1 atom stereocenters. The minimum atomic E-state index is -0.270. The molecular formula is C21H19N5OS. The van der Waals surface area contributed by atoms with E-state index in [4.69, 9.17) is 0 Å². The predicted molar refractivity (Wildman–Crippen MR) is 110 cm³/mol. The second-order valence-electron chi connectivity index (χ2n) is 7.00. The summed E-state index contributed by atoms with van der Waals surface area (Å²) in [5.74, 6) is 0.111. The number of fused-ring (bicyclic) bond motifs is 4. The van der Waals surface area contributed by atoms with Crippen LogP contribution in [0.25, 0.3) is 22.1 Å². The summed E-state index contributed by atoms with van der Waals surface area (Å²) in [6.07, 6.45) is 0.901. The molecule has 0 fully saturated rings. The first-order valence-electron chi connectivity index (χ1n) is 9.32. The van der Waals surface area contributed by atoms with E-state index >= 15 is 0 Å². The van der Waals surface area contributed by atoms with E-state index < -0.39 is 0 Å². The molecule has 140 valence electrons. The van der Waals surface area contributed by atoms with Crippen molar-refractivity contribution in [1.82, 2.24) is 25.1 Å². The molecular weight excluding hydrogens is 370 g/mol. The number of rotatable bonds is 3. The Morgan fingerprint density at radius 2 is 1.89 bits per heavy atom. The maximum atomic E-state index is 12.9. The van der Waals surface area contributed by atoms with Crippen LogP contribution >= 0.6 is 11.8 Å². The topological polar surface area (TPSA) is 74.8 Å². The number of carbonyl (C=O) groups excluding carboxylic acids is 1. The summed E-state index contributed by atoms with van der Waals surface area (Å²) in [6, 6.07) is 16.3. The average Bonchev–Trinajstić information content (AvgIpc) is 3.10. The lowest BCUT2D eigenvalue weighted by Crippen LogP contribution is -2.40. The predicted octanol–water partition coefficient (Wildman–Crippen LogP) is 3.57. The van der Waals surface area contributed by atoms with Crippen LogP contribution in [0.2, 0.25) is 0 Å². The van der Waals surface area contributed by atoms with Gasteiger partial charge in [0.05, 0.1) is 5.25 Å². The van der Waals surface area contributed by atoms with Gasteiger partial charge in [-0.2, -0.15) is 0 Å². The van der Waals surface area contributed by atoms with E-state index in [1.807, 2.05) is 42.2 Å². The number of amides is 1. The molecule has 0 aliphatic carbocycles. The molecule has 5 rings (SSSR count).